The van der Waals surface area contributed by atoms with Gasteiger partial charge in [0.2, 0.25) is 0 Å². The second kappa shape index (κ2) is 8.36. The minimum absolute atomic E-state index is 0.00489. The number of carbonyl (C=O) groups is 2. The molecule has 0 saturated heterocycles. The highest BCUT2D eigenvalue weighted by Crippen LogP contribution is 2.25. The fourth-order valence-corrected chi connectivity index (χ4v) is 3.69. The smallest absolute Gasteiger partial charge is 0.309 e. The van der Waals surface area contributed by atoms with E-state index >= 15 is 0 Å². The van der Waals surface area contributed by atoms with Gasteiger partial charge in [-0.1, -0.05) is 43.9 Å². The summed E-state index contributed by atoms with van der Waals surface area (Å²) in [5.41, 5.74) is 1.76. The Bertz CT molecular complexity index is 776. The van der Waals surface area contributed by atoms with Crippen molar-refractivity contribution in [1.29, 1.82) is 0 Å². The maximum Gasteiger partial charge on any atom is 0.309 e. The molecular formula is C20H27N3O3. The number of aliphatic hydroxyl groups excluding tert-OH is 1. The summed E-state index contributed by atoms with van der Waals surface area (Å²) in [6.07, 6.45) is 7.41. The van der Waals surface area contributed by atoms with Crippen molar-refractivity contribution in [3.8, 4) is 0 Å². The summed E-state index contributed by atoms with van der Waals surface area (Å²) in [6, 6.07) is 7.85. The zero-order valence-corrected chi connectivity index (χ0v) is 15.2. The van der Waals surface area contributed by atoms with Crippen LogP contribution in [0.25, 0.3) is 10.9 Å². The minimum atomic E-state index is -0.865. The number of carbonyl (C=O) groups excluding carboxylic acids is 2. The number of nitrogens with zero attached hydrogens (tertiary/aromatic N) is 1. The largest absolute Gasteiger partial charge is 0.386 e. The Kier molecular flexibility index (Phi) is 5.93. The molecule has 0 radical (unpaired) electrons. The highest BCUT2D eigenvalue weighted by atomic mass is 16.3. The van der Waals surface area contributed by atoms with Crippen LogP contribution in [0.1, 0.15) is 50.2 Å². The lowest BCUT2D eigenvalue weighted by Gasteiger charge is -2.16. The standard InChI is InChI=1S/C20H27N3O3/c1-23-13-16(15-10-6-7-11-17(15)23)18(24)12-21-19(25)20(26)22-14-8-4-2-3-5-9-14/h6-7,10-11,13-14,18,24H,2-5,8-9,12H2,1H3,(H,21,25)(H,22,26). The quantitative estimate of drug-likeness (QED) is 0.579. The summed E-state index contributed by atoms with van der Waals surface area (Å²) in [4.78, 5) is 24.1. The molecule has 26 heavy (non-hydrogen) atoms. The number of hydrogen-bond donors (Lipinski definition) is 3. The average Bonchev–Trinajstić information content (AvgIpc) is 2.81. The second-order valence-electron chi connectivity index (χ2n) is 7.10. The molecule has 1 heterocycles. The number of aromatic nitrogens is 1. The Morgan fingerprint density at radius 1 is 1.15 bits per heavy atom. The first-order chi connectivity index (χ1) is 12.6. The molecule has 0 aliphatic heterocycles. The topological polar surface area (TPSA) is 83.4 Å². The lowest BCUT2D eigenvalue weighted by Crippen LogP contribution is -2.45. The second-order valence-corrected chi connectivity index (χ2v) is 7.10. The molecule has 1 fully saturated rings. The molecule has 2 aromatic rings. The van der Waals surface area contributed by atoms with Crippen LogP contribution in [-0.4, -0.2) is 34.1 Å². The maximum absolute atomic E-state index is 12.1. The Morgan fingerprint density at radius 2 is 1.85 bits per heavy atom. The summed E-state index contributed by atoms with van der Waals surface area (Å²) < 4.78 is 1.94. The summed E-state index contributed by atoms with van der Waals surface area (Å²) in [7, 11) is 1.91. The van der Waals surface area contributed by atoms with Gasteiger partial charge in [0.15, 0.2) is 0 Å². The molecule has 0 spiro atoms. The third-order valence-electron chi connectivity index (χ3n) is 5.14. The van der Waals surface area contributed by atoms with Crippen LogP contribution in [0.2, 0.25) is 0 Å². The average molecular weight is 357 g/mol. The number of nitrogens with one attached hydrogen (secondary N) is 2. The molecule has 3 N–H and O–H groups in total. The van der Waals surface area contributed by atoms with Crippen LogP contribution in [0, 0.1) is 0 Å². The van der Waals surface area contributed by atoms with E-state index in [-0.39, 0.29) is 12.6 Å². The zero-order valence-electron chi connectivity index (χ0n) is 15.2. The van der Waals surface area contributed by atoms with Gasteiger partial charge in [0.1, 0.15) is 0 Å². The van der Waals surface area contributed by atoms with E-state index in [1.807, 2.05) is 42.1 Å². The van der Waals surface area contributed by atoms with Crippen molar-refractivity contribution >= 4 is 22.7 Å². The van der Waals surface area contributed by atoms with Crippen molar-refractivity contribution in [2.24, 2.45) is 7.05 Å². The van der Waals surface area contributed by atoms with E-state index < -0.39 is 17.9 Å². The molecule has 6 nitrogen and oxygen atoms in total. The lowest BCUT2D eigenvalue weighted by atomic mass is 10.1. The fourth-order valence-electron chi connectivity index (χ4n) is 3.69. The van der Waals surface area contributed by atoms with Gasteiger partial charge in [0, 0.05) is 42.3 Å². The van der Waals surface area contributed by atoms with Crippen LogP contribution < -0.4 is 10.6 Å². The van der Waals surface area contributed by atoms with Crippen molar-refractivity contribution < 1.29 is 14.7 Å². The number of para-hydroxylation sites is 1. The van der Waals surface area contributed by atoms with Crippen molar-refractivity contribution in [3.63, 3.8) is 0 Å². The molecule has 1 aliphatic carbocycles. The molecule has 140 valence electrons. The van der Waals surface area contributed by atoms with Crippen LogP contribution in [0.15, 0.2) is 30.5 Å². The van der Waals surface area contributed by atoms with E-state index in [4.69, 9.17) is 0 Å². The van der Waals surface area contributed by atoms with Gasteiger partial charge in [-0.05, 0) is 18.9 Å². The first kappa shape index (κ1) is 18.5. The van der Waals surface area contributed by atoms with Crippen LogP contribution in [0.5, 0.6) is 0 Å². The van der Waals surface area contributed by atoms with Gasteiger partial charge in [0.05, 0.1) is 6.10 Å². The first-order valence-corrected chi connectivity index (χ1v) is 9.37. The zero-order chi connectivity index (χ0) is 18.5. The van der Waals surface area contributed by atoms with E-state index in [1.54, 1.807) is 0 Å². The summed E-state index contributed by atoms with van der Waals surface area (Å²) in [5.74, 6) is -1.30. The van der Waals surface area contributed by atoms with Crippen LogP contribution in [-0.2, 0) is 16.6 Å². The summed E-state index contributed by atoms with van der Waals surface area (Å²) in [6.45, 7) is 0.00489. The Hall–Kier alpha value is -2.34. The normalized spacial score (nSPS) is 16.8. The highest BCUT2D eigenvalue weighted by Gasteiger charge is 2.21. The number of fused-ring (bicyclic) bond motifs is 1. The number of hydrogen-bond acceptors (Lipinski definition) is 3. The van der Waals surface area contributed by atoms with E-state index in [0.29, 0.717) is 0 Å². The van der Waals surface area contributed by atoms with Gasteiger partial charge in [-0.3, -0.25) is 9.59 Å². The number of benzene rings is 1. The summed E-state index contributed by atoms with van der Waals surface area (Å²) >= 11 is 0. The molecule has 3 rings (SSSR count). The molecule has 1 unspecified atom stereocenters. The molecule has 1 aromatic carbocycles. The van der Waals surface area contributed by atoms with Gasteiger partial charge >= 0.3 is 11.8 Å². The van der Waals surface area contributed by atoms with E-state index in [0.717, 1.165) is 42.1 Å². The van der Waals surface area contributed by atoms with E-state index in [1.165, 1.54) is 12.8 Å². The van der Waals surface area contributed by atoms with Crippen molar-refractivity contribution in [1.82, 2.24) is 15.2 Å². The Balaban J connectivity index is 1.55. The molecule has 1 atom stereocenters. The van der Waals surface area contributed by atoms with Crippen molar-refractivity contribution in [2.45, 2.75) is 50.7 Å². The Labute approximate surface area is 153 Å². The molecule has 6 heteroatoms. The lowest BCUT2D eigenvalue weighted by molar-refractivity contribution is -0.139. The van der Waals surface area contributed by atoms with Gasteiger partial charge in [0.25, 0.3) is 0 Å². The van der Waals surface area contributed by atoms with Gasteiger partial charge < -0.3 is 20.3 Å². The first-order valence-electron chi connectivity index (χ1n) is 9.37. The van der Waals surface area contributed by atoms with Gasteiger partial charge in [-0.15, -0.1) is 0 Å². The van der Waals surface area contributed by atoms with Crippen molar-refractivity contribution in [3.05, 3.63) is 36.0 Å². The predicted molar refractivity (Wildman–Crippen MR) is 101 cm³/mol. The van der Waals surface area contributed by atoms with Gasteiger partial charge in [-0.25, -0.2) is 0 Å². The number of amides is 2. The number of rotatable bonds is 4. The minimum Gasteiger partial charge on any atom is -0.386 e. The number of aliphatic hydroxyl groups is 1. The highest BCUT2D eigenvalue weighted by molar-refractivity contribution is 6.35. The molecule has 1 saturated carbocycles. The van der Waals surface area contributed by atoms with E-state index in [9.17, 15) is 14.7 Å². The molecule has 0 bridgehead atoms. The third-order valence-corrected chi connectivity index (χ3v) is 5.14. The van der Waals surface area contributed by atoms with Crippen LogP contribution in [0.4, 0.5) is 0 Å². The molecule has 2 amide bonds. The SMILES string of the molecule is Cn1cc(C(O)CNC(=O)C(=O)NC2CCCCCC2)c2ccccc21. The van der Waals surface area contributed by atoms with Crippen LogP contribution in [0.3, 0.4) is 0 Å². The Morgan fingerprint density at radius 3 is 2.58 bits per heavy atom. The van der Waals surface area contributed by atoms with Crippen molar-refractivity contribution in [2.75, 3.05) is 6.54 Å². The van der Waals surface area contributed by atoms with E-state index in [2.05, 4.69) is 10.6 Å². The molecular weight excluding hydrogens is 330 g/mol. The molecule has 1 aromatic heterocycles. The maximum atomic E-state index is 12.1. The third kappa shape index (κ3) is 4.25. The van der Waals surface area contributed by atoms with Gasteiger partial charge in [-0.2, -0.15) is 0 Å². The fraction of sp³-hybridized carbons (Fsp3) is 0.500. The van der Waals surface area contributed by atoms with Crippen LogP contribution >= 0.6 is 0 Å². The molecule has 1 aliphatic rings. The number of aryl methyl sites for hydroxylation is 1. The summed E-state index contributed by atoms with van der Waals surface area (Å²) in [5, 5.41) is 16.8. The monoisotopic (exact) mass is 357 g/mol. The predicted octanol–water partition coefficient (Wildman–Crippen LogP) is 2.17.